The lowest BCUT2D eigenvalue weighted by Gasteiger charge is -2.12. The van der Waals surface area contributed by atoms with Gasteiger partial charge in [-0.05, 0) is 30.2 Å². The van der Waals surface area contributed by atoms with Crippen LogP contribution in [0.25, 0.3) is 0 Å². The third-order valence-electron chi connectivity index (χ3n) is 4.29. The molecule has 1 aromatic heterocycles. The van der Waals surface area contributed by atoms with Gasteiger partial charge < -0.3 is 5.32 Å². The first-order valence-electron chi connectivity index (χ1n) is 9.05. The third kappa shape index (κ3) is 4.87. The maximum atomic E-state index is 12.3. The SMILES string of the molecule is CCc1ccccc1Nc1ncnc(NNC(=O)c2ccc([N+](=O)[O-])cc2)c1[N+](=O)[O-]. The predicted molar refractivity (Wildman–Crippen MR) is 112 cm³/mol. The summed E-state index contributed by atoms with van der Waals surface area (Å²) in [5.41, 5.74) is 5.80. The van der Waals surface area contributed by atoms with Crippen molar-refractivity contribution in [1.29, 1.82) is 0 Å². The molecule has 1 heterocycles. The number of hydrazine groups is 1. The van der Waals surface area contributed by atoms with Crippen LogP contribution in [0.3, 0.4) is 0 Å². The molecule has 0 radical (unpaired) electrons. The largest absolute Gasteiger partial charge is 0.355 e. The summed E-state index contributed by atoms with van der Waals surface area (Å²) >= 11 is 0. The zero-order chi connectivity index (χ0) is 22.4. The molecule has 0 spiro atoms. The van der Waals surface area contributed by atoms with Crippen molar-refractivity contribution in [3.63, 3.8) is 0 Å². The zero-order valence-electron chi connectivity index (χ0n) is 16.2. The van der Waals surface area contributed by atoms with Crippen LogP contribution >= 0.6 is 0 Å². The molecule has 0 atom stereocenters. The second kappa shape index (κ2) is 9.26. The molecule has 12 heteroatoms. The van der Waals surface area contributed by atoms with Gasteiger partial charge in [-0.1, -0.05) is 25.1 Å². The second-order valence-corrected chi connectivity index (χ2v) is 6.20. The van der Waals surface area contributed by atoms with E-state index >= 15 is 0 Å². The monoisotopic (exact) mass is 423 g/mol. The van der Waals surface area contributed by atoms with Gasteiger partial charge in [0.05, 0.1) is 9.85 Å². The highest BCUT2D eigenvalue weighted by Crippen LogP contribution is 2.31. The summed E-state index contributed by atoms with van der Waals surface area (Å²) in [7, 11) is 0. The Balaban J connectivity index is 1.81. The van der Waals surface area contributed by atoms with E-state index in [1.165, 1.54) is 24.3 Å². The van der Waals surface area contributed by atoms with Crippen LogP contribution in [-0.2, 0) is 6.42 Å². The van der Waals surface area contributed by atoms with Crippen molar-refractivity contribution >= 4 is 34.6 Å². The van der Waals surface area contributed by atoms with E-state index in [0.29, 0.717) is 12.1 Å². The van der Waals surface area contributed by atoms with E-state index in [1.54, 1.807) is 12.1 Å². The van der Waals surface area contributed by atoms with Crippen molar-refractivity contribution < 1.29 is 14.6 Å². The minimum Gasteiger partial charge on any atom is -0.334 e. The minimum absolute atomic E-state index is 0.0482. The van der Waals surface area contributed by atoms with Gasteiger partial charge in [0.1, 0.15) is 6.33 Å². The summed E-state index contributed by atoms with van der Waals surface area (Å²) < 4.78 is 0. The predicted octanol–water partition coefficient (Wildman–Crippen LogP) is 3.36. The molecule has 0 aliphatic heterocycles. The quantitative estimate of drug-likeness (QED) is 0.364. The van der Waals surface area contributed by atoms with E-state index in [-0.39, 0.29) is 22.9 Å². The summed E-state index contributed by atoms with van der Waals surface area (Å²) in [6.07, 6.45) is 1.82. The molecule has 0 unspecified atom stereocenters. The number of nitro groups is 2. The van der Waals surface area contributed by atoms with Crippen LogP contribution in [-0.4, -0.2) is 25.7 Å². The lowest BCUT2D eigenvalue weighted by molar-refractivity contribution is -0.384. The Morgan fingerprint density at radius 2 is 1.65 bits per heavy atom. The number of non-ortho nitro benzene ring substituents is 1. The molecule has 0 aliphatic carbocycles. The number of hydrogen-bond donors (Lipinski definition) is 3. The number of aryl methyl sites for hydroxylation is 1. The van der Waals surface area contributed by atoms with Crippen molar-refractivity contribution in [3.05, 3.63) is 86.2 Å². The molecular weight excluding hydrogens is 406 g/mol. The molecule has 0 saturated carbocycles. The smallest absolute Gasteiger partial charge is 0.334 e. The molecule has 3 aromatic rings. The number of nitrogens with one attached hydrogen (secondary N) is 3. The number of aromatic nitrogens is 2. The van der Waals surface area contributed by atoms with Crippen LogP contribution in [0.1, 0.15) is 22.8 Å². The highest BCUT2D eigenvalue weighted by atomic mass is 16.6. The van der Waals surface area contributed by atoms with Crippen LogP contribution in [0.2, 0.25) is 0 Å². The molecule has 3 rings (SSSR count). The van der Waals surface area contributed by atoms with Crippen LogP contribution in [0, 0.1) is 20.2 Å². The molecule has 3 N–H and O–H groups in total. The summed E-state index contributed by atoms with van der Waals surface area (Å²) in [6.45, 7) is 1.95. The van der Waals surface area contributed by atoms with Gasteiger partial charge in [0.25, 0.3) is 11.6 Å². The van der Waals surface area contributed by atoms with Crippen LogP contribution in [0.5, 0.6) is 0 Å². The number of carbonyl (C=O) groups excluding carboxylic acids is 1. The summed E-state index contributed by atoms with van der Waals surface area (Å²) in [6, 6.07) is 12.2. The van der Waals surface area contributed by atoms with Gasteiger partial charge in [-0.2, -0.15) is 0 Å². The normalized spacial score (nSPS) is 10.2. The fourth-order valence-corrected chi connectivity index (χ4v) is 2.74. The molecule has 2 aromatic carbocycles. The number of para-hydroxylation sites is 1. The number of rotatable bonds is 8. The van der Waals surface area contributed by atoms with E-state index in [2.05, 4.69) is 26.1 Å². The van der Waals surface area contributed by atoms with Crippen molar-refractivity contribution in [2.24, 2.45) is 0 Å². The van der Waals surface area contributed by atoms with Crippen molar-refractivity contribution in [2.45, 2.75) is 13.3 Å². The van der Waals surface area contributed by atoms with Gasteiger partial charge in [0, 0.05) is 23.4 Å². The number of hydrogen-bond acceptors (Lipinski definition) is 9. The summed E-state index contributed by atoms with van der Waals surface area (Å²) in [5.74, 6) is -0.937. The molecule has 1 amide bonds. The number of carbonyl (C=O) groups is 1. The van der Waals surface area contributed by atoms with E-state index in [0.717, 1.165) is 11.9 Å². The Morgan fingerprint density at radius 3 is 2.29 bits per heavy atom. The molecule has 0 fully saturated rings. The van der Waals surface area contributed by atoms with E-state index in [4.69, 9.17) is 0 Å². The van der Waals surface area contributed by atoms with Crippen LogP contribution in [0.4, 0.5) is 28.7 Å². The maximum absolute atomic E-state index is 12.3. The third-order valence-corrected chi connectivity index (χ3v) is 4.29. The molecule has 12 nitrogen and oxygen atoms in total. The first kappa shape index (κ1) is 21.1. The number of amides is 1. The number of benzene rings is 2. The lowest BCUT2D eigenvalue weighted by Crippen LogP contribution is -2.30. The van der Waals surface area contributed by atoms with Gasteiger partial charge in [0.15, 0.2) is 0 Å². The van der Waals surface area contributed by atoms with E-state index in [1.807, 2.05) is 19.1 Å². The Bertz CT molecular complexity index is 1130. The topological polar surface area (TPSA) is 165 Å². The molecule has 31 heavy (non-hydrogen) atoms. The van der Waals surface area contributed by atoms with E-state index in [9.17, 15) is 25.0 Å². The maximum Gasteiger partial charge on any atom is 0.355 e. The molecule has 0 saturated heterocycles. The standard InChI is InChI=1S/C19H17N7O5/c1-2-12-5-3-4-6-15(12)22-17-16(26(30)31)18(21-11-20-17)23-24-19(27)13-7-9-14(10-8-13)25(28)29/h3-11H,2H2,1H3,(H,24,27)(H2,20,21,22,23). The summed E-state index contributed by atoms with van der Waals surface area (Å²) in [4.78, 5) is 41.2. The van der Waals surface area contributed by atoms with Crippen molar-refractivity contribution in [1.82, 2.24) is 15.4 Å². The Labute approximate surface area is 175 Å². The Hall–Kier alpha value is -4.61. The second-order valence-electron chi connectivity index (χ2n) is 6.20. The van der Waals surface area contributed by atoms with Crippen LogP contribution in [0.15, 0.2) is 54.9 Å². The average Bonchev–Trinajstić information content (AvgIpc) is 2.77. The Morgan fingerprint density at radius 1 is 0.968 bits per heavy atom. The molecule has 158 valence electrons. The fourth-order valence-electron chi connectivity index (χ4n) is 2.74. The summed E-state index contributed by atoms with van der Waals surface area (Å²) in [5, 5.41) is 25.3. The van der Waals surface area contributed by atoms with Crippen molar-refractivity contribution in [2.75, 3.05) is 10.7 Å². The van der Waals surface area contributed by atoms with Gasteiger partial charge in [-0.3, -0.25) is 35.9 Å². The first-order chi connectivity index (χ1) is 14.9. The molecule has 0 bridgehead atoms. The van der Waals surface area contributed by atoms with Crippen LogP contribution < -0.4 is 16.2 Å². The number of anilines is 3. The number of nitrogens with zero attached hydrogens (tertiary/aromatic N) is 4. The van der Waals surface area contributed by atoms with Gasteiger partial charge in [0.2, 0.25) is 11.6 Å². The van der Waals surface area contributed by atoms with Crippen molar-refractivity contribution in [3.8, 4) is 0 Å². The highest BCUT2D eigenvalue weighted by molar-refractivity contribution is 5.95. The Kier molecular flexibility index (Phi) is 6.30. The minimum atomic E-state index is -0.669. The zero-order valence-corrected chi connectivity index (χ0v) is 16.2. The molecular formula is C19H17N7O5. The van der Waals surface area contributed by atoms with Gasteiger partial charge >= 0.3 is 5.69 Å². The molecule has 0 aliphatic rings. The fraction of sp³-hybridized carbons (Fsp3) is 0.105. The lowest BCUT2D eigenvalue weighted by atomic mass is 10.1. The first-order valence-corrected chi connectivity index (χ1v) is 9.05. The number of nitro benzene ring substituents is 1. The highest BCUT2D eigenvalue weighted by Gasteiger charge is 2.24. The average molecular weight is 423 g/mol. The van der Waals surface area contributed by atoms with Gasteiger partial charge in [-0.15, -0.1) is 0 Å². The van der Waals surface area contributed by atoms with Gasteiger partial charge in [-0.25, -0.2) is 9.97 Å². The van der Waals surface area contributed by atoms with E-state index < -0.39 is 21.4 Å².